The maximum absolute atomic E-state index is 13.6. The molecule has 3 aromatic rings. The van der Waals surface area contributed by atoms with E-state index in [-0.39, 0.29) is 12.5 Å². The number of alkyl halides is 2. The first-order chi connectivity index (χ1) is 16.2. The van der Waals surface area contributed by atoms with Crippen LogP contribution >= 0.6 is 0 Å². The van der Waals surface area contributed by atoms with Crippen molar-refractivity contribution in [3.8, 4) is 11.1 Å². The molecule has 34 heavy (non-hydrogen) atoms. The van der Waals surface area contributed by atoms with E-state index in [9.17, 15) is 27.9 Å². The van der Waals surface area contributed by atoms with Crippen molar-refractivity contribution >= 4 is 17.9 Å². The van der Waals surface area contributed by atoms with Gasteiger partial charge in [0.2, 0.25) is 0 Å². The van der Waals surface area contributed by atoms with Crippen LogP contribution in [0, 0.1) is 5.82 Å². The molecular weight excluding hydrogens is 449 g/mol. The highest BCUT2D eigenvalue weighted by molar-refractivity contribution is 5.99. The number of hydrogen-bond acceptors (Lipinski definition) is 4. The second-order valence-electron chi connectivity index (χ2n) is 8.42. The third-order valence-corrected chi connectivity index (χ3v) is 6.26. The molecule has 2 aliphatic rings. The molecule has 6 nitrogen and oxygen atoms in total. The Morgan fingerprint density at radius 2 is 1.65 bits per heavy atom. The van der Waals surface area contributed by atoms with E-state index in [1.165, 1.54) is 0 Å². The van der Waals surface area contributed by atoms with Crippen LogP contribution in [0.15, 0.2) is 60.8 Å². The minimum Gasteiger partial charge on any atom is -0.478 e. The number of aromatic carboxylic acids is 1. The molecule has 9 heteroatoms. The van der Waals surface area contributed by atoms with Gasteiger partial charge in [0.15, 0.2) is 5.82 Å². The van der Waals surface area contributed by atoms with Crippen LogP contribution in [0.25, 0.3) is 11.1 Å². The number of hydrogen-bond donors (Lipinski definition) is 1. The predicted octanol–water partition coefficient (Wildman–Crippen LogP) is 5.47. The van der Waals surface area contributed by atoms with E-state index in [4.69, 9.17) is 4.74 Å². The Morgan fingerprint density at radius 1 is 1.06 bits per heavy atom. The molecule has 0 unspecified atom stereocenters. The van der Waals surface area contributed by atoms with E-state index < -0.39 is 54.1 Å². The van der Waals surface area contributed by atoms with Crippen LogP contribution in [-0.4, -0.2) is 40.7 Å². The van der Waals surface area contributed by atoms with Gasteiger partial charge in [-0.25, -0.2) is 27.7 Å². The molecule has 0 atom stereocenters. The molecule has 5 rings (SSSR count). The molecular formula is C25H19F3N2O4. The highest BCUT2D eigenvalue weighted by Gasteiger charge is 2.51. The Balaban J connectivity index is 1.44. The normalized spacial score (nSPS) is 16.3. The van der Waals surface area contributed by atoms with Crippen LogP contribution < -0.4 is 4.90 Å². The van der Waals surface area contributed by atoms with E-state index in [0.717, 1.165) is 33.4 Å². The number of aromatic nitrogens is 1. The number of ether oxygens (including phenoxy) is 1. The van der Waals surface area contributed by atoms with Gasteiger partial charge < -0.3 is 9.84 Å². The van der Waals surface area contributed by atoms with Crippen molar-refractivity contribution in [2.24, 2.45) is 0 Å². The number of pyridine rings is 1. The SMILES string of the molecule is O=C(O)c1cc(F)cnc1N(C(=O)OCC1c2ccccc2-c2ccccc21)C1CC(F)(F)C1. The summed E-state index contributed by atoms with van der Waals surface area (Å²) in [4.78, 5) is 29.4. The molecule has 2 aromatic carbocycles. The summed E-state index contributed by atoms with van der Waals surface area (Å²) >= 11 is 0. The number of carboxylic acids is 1. The fraction of sp³-hybridized carbons (Fsp3) is 0.240. The number of halogens is 3. The van der Waals surface area contributed by atoms with Gasteiger partial charge in [0.1, 0.15) is 18.0 Å². The summed E-state index contributed by atoms with van der Waals surface area (Å²) in [5, 5.41) is 9.48. The van der Waals surface area contributed by atoms with Crippen molar-refractivity contribution in [2.75, 3.05) is 11.5 Å². The number of carbonyl (C=O) groups is 2. The fourth-order valence-corrected chi connectivity index (χ4v) is 4.67. The Bertz CT molecular complexity index is 1240. The topological polar surface area (TPSA) is 79.7 Å². The molecule has 1 heterocycles. The number of rotatable bonds is 5. The maximum Gasteiger partial charge on any atom is 0.415 e. The smallest absolute Gasteiger partial charge is 0.415 e. The number of amides is 1. The number of anilines is 1. The first-order valence-corrected chi connectivity index (χ1v) is 10.7. The van der Waals surface area contributed by atoms with Crippen molar-refractivity contribution in [3.63, 3.8) is 0 Å². The lowest BCUT2D eigenvalue weighted by Gasteiger charge is -2.41. The summed E-state index contributed by atoms with van der Waals surface area (Å²) in [6.45, 7) is -0.0872. The van der Waals surface area contributed by atoms with Gasteiger partial charge in [-0.15, -0.1) is 0 Å². The summed E-state index contributed by atoms with van der Waals surface area (Å²) in [6, 6.07) is 15.1. The lowest BCUT2D eigenvalue weighted by molar-refractivity contribution is -0.0851. The van der Waals surface area contributed by atoms with E-state index >= 15 is 0 Å². The molecule has 0 radical (unpaired) electrons. The van der Waals surface area contributed by atoms with Gasteiger partial charge in [-0.05, 0) is 28.3 Å². The van der Waals surface area contributed by atoms with E-state index in [0.29, 0.717) is 6.07 Å². The number of carboxylic acid groups (broad SMARTS) is 1. The van der Waals surface area contributed by atoms with Crippen LogP contribution in [0.4, 0.5) is 23.8 Å². The predicted molar refractivity (Wildman–Crippen MR) is 117 cm³/mol. The third-order valence-electron chi connectivity index (χ3n) is 6.26. The summed E-state index contributed by atoms with van der Waals surface area (Å²) in [5.41, 5.74) is 3.35. The second kappa shape index (κ2) is 8.16. The summed E-state index contributed by atoms with van der Waals surface area (Å²) in [6.07, 6.45) is -1.61. The Labute approximate surface area is 192 Å². The summed E-state index contributed by atoms with van der Waals surface area (Å²) in [5.74, 6) is -6.15. The van der Waals surface area contributed by atoms with Crippen molar-refractivity contribution in [1.29, 1.82) is 0 Å². The molecule has 1 N–H and O–H groups in total. The molecule has 0 aliphatic heterocycles. The highest BCUT2D eigenvalue weighted by atomic mass is 19.3. The Morgan fingerprint density at radius 3 is 2.21 bits per heavy atom. The first-order valence-electron chi connectivity index (χ1n) is 10.7. The standard InChI is InChI=1S/C25H19F3N2O4/c26-14-9-20(23(31)32)22(29-12-14)30(15-10-25(27,28)11-15)24(33)34-13-21-18-7-3-1-5-16(18)17-6-2-4-8-19(17)21/h1-9,12,15,21H,10-11,13H2,(H,31,32). The van der Waals surface area contributed by atoms with Crippen molar-refractivity contribution in [2.45, 2.75) is 30.7 Å². The molecule has 1 saturated carbocycles. The summed E-state index contributed by atoms with van der Waals surface area (Å²) in [7, 11) is 0. The number of carbonyl (C=O) groups excluding carboxylic acids is 1. The molecule has 1 aromatic heterocycles. The quantitative estimate of drug-likeness (QED) is 0.537. The van der Waals surface area contributed by atoms with Gasteiger partial charge in [-0.3, -0.25) is 4.90 Å². The van der Waals surface area contributed by atoms with Crippen LogP contribution in [-0.2, 0) is 4.74 Å². The Hall–Kier alpha value is -3.88. The lowest BCUT2D eigenvalue weighted by atomic mass is 9.87. The molecule has 2 aliphatic carbocycles. The van der Waals surface area contributed by atoms with E-state index in [1.54, 1.807) is 0 Å². The molecule has 1 fully saturated rings. The minimum atomic E-state index is -2.99. The summed E-state index contributed by atoms with van der Waals surface area (Å²) < 4.78 is 46.5. The van der Waals surface area contributed by atoms with Gasteiger partial charge in [-0.2, -0.15) is 0 Å². The maximum atomic E-state index is 13.6. The van der Waals surface area contributed by atoms with E-state index in [1.807, 2.05) is 48.5 Å². The van der Waals surface area contributed by atoms with Gasteiger partial charge in [0.05, 0.1) is 12.2 Å². The second-order valence-corrected chi connectivity index (χ2v) is 8.42. The molecule has 0 spiro atoms. The zero-order chi connectivity index (χ0) is 24.0. The average molecular weight is 468 g/mol. The van der Waals surface area contributed by atoms with Gasteiger partial charge in [0.25, 0.3) is 5.92 Å². The van der Waals surface area contributed by atoms with Gasteiger partial charge >= 0.3 is 12.1 Å². The van der Waals surface area contributed by atoms with Crippen LogP contribution in [0.5, 0.6) is 0 Å². The van der Waals surface area contributed by atoms with Crippen molar-refractivity contribution < 1.29 is 32.6 Å². The van der Waals surface area contributed by atoms with Crippen molar-refractivity contribution in [1.82, 2.24) is 4.98 Å². The highest BCUT2D eigenvalue weighted by Crippen LogP contribution is 2.45. The molecule has 0 bridgehead atoms. The monoisotopic (exact) mass is 468 g/mol. The number of fused-ring (bicyclic) bond motifs is 3. The third kappa shape index (κ3) is 3.76. The molecule has 0 saturated heterocycles. The molecule has 1 amide bonds. The van der Waals surface area contributed by atoms with E-state index in [2.05, 4.69) is 4.98 Å². The number of benzene rings is 2. The van der Waals surface area contributed by atoms with Crippen molar-refractivity contribution in [3.05, 3.63) is 83.3 Å². The van der Waals surface area contributed by atoms with Gasteiger partial charge in [-0.1, -0.05) is 48.5 Å². The zero-order valence-electron chi connectivity index (χ0n) is 17.7. The zero-order valence-corrected chi connectivity index (χ0v) is 17.7. The number of nitrogens with zero attached hydrogens (tertiary/aromatic N) is 2. The average Bonchev–Trinajstić information content (AvgIpc) is 3.11. The largest absolute Gasteiger partial charge is 0.478 e. The minimum absolute atomic E-state index is 0.0872. The van der Waals surface area contributed by atoms with Crippen LogP contribution in [0.1, 0.15) is 40.2 Å². The molecule has 174 valence electrons. The first kappa shape index (κ1) is 21.9. The van der Waals surface area contributed by atoms with Gasteiger partial charge in [0, 0.05) is 18.8 Å². The fourth-order valence-electron chi connectivity index (χ4n) is 4.67. The Kier molecular flexibility index (Phi) is 5.27. The lowest BCUT2D eigenvalue weighted by Crippen LogP contribution is -2.54. The van der Waals surface area contributed by atoms with Crippen LogP contribution in [0.2, 0.25) is 0 Å². The van der Waals surface area contributed by atoms with Crippen LogP contribution in [0.3, 0.4) is 0 Å².